The van der Waals surface area contributed by atoms with Crippen LogP contribution in [0.4, 0.5) is 4.79 Å². The molecule has 0 aliphatic carbocycles. The predicted molar refractivity (Wildman–Crippen MR) is 101 cm³/mol. The summed E-state index contributed by atoms with van der Waals surface area (Å²) in [4.78, 5) is 34.8. The van der Waals surface area contributed by atoms with Crippen molar-refractivity contribution in [2.75, 3.05) is 19.7 Å². The van der Waals surface area contributed by atoms with Gasteiger partial charge in [-0.1, -0.05) is 6.42 Å². The third-order valence-electron chi connectivity index (χ3n) is 4.36. The monoisotopic (exact) mass is 411 g/mol. The third kappa shape index (κ3) is 5.52. The Morgan fingerprint density at radius 1 is 1.18 bits per heavy atom. The third-order valence-corrected chi connectivity index (χ3v) is 6.39. The molecule has 0 bridgehead atoms. The Kier molecular flexibility index (Phi) is 7.53. The Bertz CT molecular complexity index is 822. The second kappa shape index (κ2) is 9.65. The number of hydrogen-bond acceptors (Lipinski definition) is 6. The Morgan fingerprint density at radius 3 is 2.46 bits per heavy atom. The van der Waals surface area contributed by atoms with Gasteiger partial charge in [0, 0.05) is 19.1 Å². The molecule has 2 N–H and O–H groups in total. The number of imide groups is 1. The summed E-state index contributed by atoms with van der Waals surface area (Å²) in [6, 6.07) is 4.64. The van der Waals surface area contributed by atoms with Gasteiger partial charge in [-0.15, -0.1) is 0 Å². The molecule has 1 fully saturated rings. The number of hydrogen-bond donors (Lipinski definition) is 2. The average molecular weight is 411 g/mol. The first-order valence-electron chi connectivity index (χ1n) is 9.12. The highest BCUT2D eigenvalue weighted by molar-refractivity contribution is 7.89. The number of amides is 3. The Labute approximate surface area is 164 Å². The zero-order chi connectivity index (χ0) is 20.7. The van der Waals surface area contributed by atoms with E-state index in [0.29, 0.717) is 13.1 Å². The van der Waals surface area contributed by atoms with Crippen LogP contribution in [0, 0.1) is 0 Å². The highest BCUT2D eigenvalue weighted by Gasteiger charge is 2.31. The van der Waals surface area contributed by atoms with Gasteiger partial charge in [0.2, 0.25) is 10.0 Å². The minimum absolute atomic E-state index is 0.0631. The highest BCUT2D eigenvalue weighted by Crippen LogP contribution is 2.25. The van der Waals surface area contributed by atoms with Crippen LogP contribution in [-0.4, -0.2) is 56.4 Å². The van der Waals surface area contributed by atoms with Crippen molar-refractivity contribution in [1.82, 2.24) is 14.9 Å². The molecule has 3 amide bonds. The molecular formula is C18H25N3O6S. The van der Waals surface area contributed by atoms with Crippen molar-refractivity contribution in [2.45, 2.75) is 44.0 Å². The van der Waals surface area contributed by atoms with E-state index in [1.54, 1.807) is 6.92 Å². The van der Waals surface area contributed by atoms with Crippen LogP contribution in [-0.2, 0) is 19.6 Å². The molecule has 0 unspecified atom stereocenters. The maximum atomic E-state index is 12.8. The Balaban J connectivity index is 1.97. The average Bonchev–Trinajstić information content (AvgIpc) is 2.66. The van der Waals surface area contributed by atoms with Gasteiger partial charge in [0.15, 0.2) is 6.61 Å². The molecule has 1 aromatic carbocycles. The van der Waals surface area contributed by atoms with E-state index in [1.165, 1.54) is 28.6 Å². The molecule has 28 heavy (non-hydrogen) atoms. The van der Waals surface area contributed by atoms with Gasteiger partial charge in [-0.05, 0) is 51.0 Å². The number of carbonyl (C=O) groups is 3. The SMILES string of the molecule is CCNC(=O)NC(=O)COC(=O)c1ccc(S(=O)(=O)N2CCCC[C@H]2C)cc1. The van der Waals surface area contributed by atoms with Crippen molar-refractivity contribution in [3.63, 3.8) is 0 Å². The van der Waals surface area contributed by atoms with Crippen LogP contribution in [0.15, 0.2) is 29.2 Å². The summed E-state index contributed by atoms with van der Waals surface area (Å²) in [5.41, 5.74) is 0.108. The second-order valence-corrected chi connectivity index (χ2v) is 8.36. The molecular weight excluding hydrogens is 386 g/mol. The molecule has 1 aliphatic rings. The zero-order valence-corrected chi connectivity index (χ0v) is 16.8. The van der Waals surface area contributed by atoms with Gasteiger partial charge in [-0.2, -0.15) is 4.31 Å². The first-order chi connectivity index (χ1) is 13.3. The smallest absolute Gasteiger partial charge is 0.338 e. The van der Waals surface area contributed by atoms with Gasteiger partial charge < -0.3 is 10.1 Å². The number of esters is 1. The van der Waals surface area contributed by atoms with Gasteiger partial charge in [0.25, 0.3) is 5.91 Å². The van der Waals surface area contributed by atoms with Crippen molar-refractivity contribution < 1.29 is 27.5 Å². The van der Waals surface area contributed by atoms with Crippen LogP contribution in [0.2, 0.25) is 0 Å². The fraction of sp³-hybridized carbons (Fsp3) is 0.500. The first kappa shape index (κ1) is 21.8. The number of piperidine rings is 1. The van der Waals surface area contributed by atoms with Gasteiger partial charge in [-0.25, -0.2) is 18.0 Å². The van der Waals surface area contributed by atoms with Crippen LogP contribution in [0.1, 0.15) is 43.5 Å². The van der Waals surface area contributed by atoms with Crippen molar-refractivity contribution in [3.05, 3.63) is 29.8 Å². The topological polar surface area (TPSA) is 122 Å². The fourth-order valence-electron chi connectivity index (χ4n) is 2.91. The lowest BCUT2D eigenvalue weighted by atomic mass is 10.1. The van der Waals surface area contributed by atoms with Crippen LogP contribution in [0.25, 0.3) is 0 Å². The van der Waals surface area contributed by atoms with Crippen molar-refractivity contribution in [3.8, 4) is 0 Å². The molecule has 9 nitrogen and oxygen atoms in total. The van der Waals surface area contributed by atoms with Crippen LogP contribution >= 0.6 is 0 Å². The quantitative estimate of drug-likeness (QED) is 0.680. The van der Waals surface area contributed by atoms with Gasteiger partial charge in [0.1, 0.15) is 0 Å². The van der Waals surface area contributed by atoms with Crippen molar-refractivity contribution in [2.24, 2.45) is 0 Å². The molecule has 0 radical (unpaired) electrons. The number of carbonyl (C=O) groups excluding carboxylic acids is 3. The highest BCUT2D eigenvalue weighted by atomic mass is 32.2. The van der Waals surface area contributed by atoms with Crippen LogP contribution in [0.3, 0.4) is 0 Å². The van der Waals surface area contributed by atoms with E-state index in [0.717, 1.165) is 19.3 Å². The molecule has 1 saturated heterocycles. The summed E-state index contributed by atoms with van der Waals surface area (Å²) in [6.45, 7) is 3.79. The minimum atomic E-state index is -3.63. The summed E-state index contributed by atoms with van der Waals surface area (Å²) in [6.07, 6.45) is 2.65. The van der Waals surface area contributed by atoms with Crippen LogP contribution < -0.4 is 10.6 Å². The van der Waals surface area contributed by atoms with E-state index in [1.807, 2.05) is 12.2 Å². The number of rotatable bonds is 6. The van der Waals surface area contributed by atoms with E-state index < -0.39 is 34.5 Å². The maximum absolute atomic E-state index is 12.8. The summed E-state index contributed by atoms with van der Waals surface area (Å²) in [5, 5.41) is 4.38. The summed E-state index contributed by atoms with van der Waals surface area (Å²) < 4.78 is 31.9. The molecule has 1 atom stereocenters. The molecule has 10 heteroatoms. The maximum Gasteiger partial charge on any atom is 0.338 e. The number of ether oxygens (including phenoxy) is 1. The Hall–Kier alpha value is -2.46. The lowest BCUT2D eigenvalue weighted by molar-refractivity contribution is -0.123. The molecule has 1 aliphatic heterocycles. The van der Waals surface area contributed by atoms with Gasteiger partial charge in [-0.3, -0.25) is 10.1 Å². The van der Waals surface area contributed by atoms with E-state index in [-0.39, 0.29) is 16.5 Å². The predicted octanol–water partition coefficient (Wildman–Crippen LogP) is 1.25. The van der Waals surface area contributed by atoms with Gasteiger partial charge >= 0.3 is 12.0 Å². The standard InChI is InChI=1S/C18H25N3O6S/c1-3-19-18(24)20-16(22)12-27-17(23)14-7-9-15(10-8-14)28(25,26)21-11-5-4-6-13(21)2/h7-10,13H,3-6,11-12H2,1-2H3,(H2,19,20,22,24)/t13-/m1/s1. The van der Waals surface area contributed by atoms with Crippen molar-refractivity contribution >= 4 is 27.9 Å². The second-order valence-electron chi connectivity index (χ2n) is 6.47. The number of urea groups is 1. The zero-order valence-electron chi connectivity index (χ0n) is 15.9. The molecule has 154 valence electrons. The number of sulfonamides is 1. The fourth-order valence-corrected chi connectivity index (χ4v) is 4.61. The largest absolute Gasteiger partial charge is 0.452 e. The number of nitrogens with one attached hydrogen (secondary N) is 2. The lowest BCUT2D eigenvalue weighted by Crippen LogP contribution is -2.41. The van der Waals surface area contributed by atoms with E-state index in [2.05, 4.69) is 5.32 Å². The van der Waals surface area contributed by atoms with E-state index in [9.17, 15) is 22.8 Å². The number of benzene rings is 1. The molecule has 0 spiro atoms. The van der Waals surface area contributed by atoms with E-state index in [4.69, 9.17) is 4.74 Å². The molecule has 0 saturated carbocycles. The molecule has 1 aromatic rings. The minimum Gasteiger partial charge on any atom is -0.452 e. The first-order valence-corrected chi connectivity index (χ1v) is 10.6. The molecule has 1 heterocycles. The number of nitrogens with zero attached hydrogens (tertiary/aromatic N) is 1. The lowest BCUT2D eigenvalue weighted by Gasteiger charge is -2.32. The summed E-state index contributed by atoms with van der Waals surface area (Å²) >= 11 is 0. The van der Waals surface area contributed by atoms with E-state index >= 15 is 0 Å². The normalized spacial score (nSPS) is 17.6. The van der Waals surface area contributed by atoms with Crippen LogP contribution in [0.5, 0.6) is 0 Å². The molecule has 0 aromatic heterocycles. The summed E-state index contributed by atoms with van der Waals surface area (Å²) in [7, 11) is -3.63. The molecule has 2 rings (SSSR count). The Morgan fingerprint density at radius 2 is 1.86 bits per heavy atom. The van der Waals surface area contributed by atoms with Gasteiger partial charge in [0.05, 0.1) is 10.5 Å². The summed E-state index contributed by atoms with van der Waals surface area (Å²) in [5.74, 6) is -1.56. The van der Waals surface area contributed by atoms with Crippen molar-refractivity contribution in [1.29, 1.82) is 0 Å².